The highest BCUT2D eigenvalue weighted by molar-refractivity contribution is 6.13. The summed E-state index contributed by atoms with van der Waals surface area (Å²) in [4.78, 5) is 4.68. The highest BCUT2D eigenvalue weighted by Crippen LogP contribution is 2.43. The molecule has 16 aromatic rings. The molecule has 4 nitrogen and oxygen atoms in total. The zero-order valence-corrected chi connectivity index (χ0v) is 48.3. The standard InChI is InChI=1S/C84H58N4/c1-7-19-59(20-8-1)65-35-51-81-77(55-65)78-56-66(60-21-9-2-10-22-60)36-52-82(78)87(81)75-47-43-73(44-48-75)85(69-27-15-5-16-28-69)71-39-31-63(32-40-71)64-33-41-72(42-34-64)86(70-29-17-6-18-30-70)74-45-49-76(50-46-74)88-83-53-37-67(61-23-11-3-12-24-61)57-79(83)80-58-68(38-54-84(80)88)62-25-13-4-14-26-62/h1-58H. The van der Waals surface area contributed by atoms with Gasteiger partial charge in [-0.15, -0.1) is 0 Å². The van der Waals surface area contributed by atoms with Crippen LogP contribution in [0.2, 0.25) is 0 Å². The number of para-hydroxylation sites is 2. The second-order valence-electron chi connectivity index (χ2n) is 22.5. The van der Waals surface area contributed by atoms with Gasteiger partial charge in [0.25, 0.3) is 0 Å². The lowest BCUT2D eigenvalue weighted by Gasteiger charge is -2.26. The quantitative estimate of drug-likeness (QED) is 0.114. The number of aromatic nitrogens is 2. The molecule has 14 aromatic carbocycles. The largest absolute Gasteiger partial charge is 0.311 e. The van der Waals surface area contributed by atoms with Gasteiger partial charge in [0.1, 0.15) is 0 Å². The minimum absolute atomic E-state index is 1.07. The van der Waals surface area contributed by atoms with E-state index in [0.717, 1.165) is 56.6 Å². The monoisotopic (exact) mass is 1120 g/mol. The maximum Gasteiger partial charge on any atom is 0.0541 e. The van der Waals surface area contributed by atoms with E-state index in [1.54, 1.807) is 0 Å². The van der Waals surface area contributed by atoms with Crippen LogP contribution in [0.15, 0.2) is 352 Å². The second kappa shape index (κ2) is 22.4. The van der Waals surface area contributed by atoms with Crippen LogP contribution in [0, 0.1) is 0 Å². The minimum Gasteiger partial charge on any atom is -0.311 e. The van der Waals surface area contributed by atoms with E-state index in [0.29, 0.717) is 0 Å². The highest BCUT2D eigenvalue weighted by atomic mass is 15.1. The van der Waals surface area contributed by atoms with Crippen LogP contribution in [-0.4, -0.2) is 9.13 Å². The van der Waals surface area contributed by atoms with Crippen molar-refractivity contribution in [3.05, 3.63) is 352 Å². The number of hydrogen-bond donors (Lipinski definition) is 0. The highest BCUT2D eigenvalue weighted by Gasteiger charge is 2.20. The Morgan fingerprint density at radius 1 is 0.159 bits per heavy atom. The Balaban J connectivity index is 0.705. The van der Waals surface area contributed by atoms with E-state index in [1.165, 1.54) is 88.1 Å². The van der Waals surface area contributed by atoms with Crippen molar-refractivity contribution < 1.29 is 0 Å². The van der Waals surface area contributed by atoms with Crippen LogP contribution in [0.5, 0.6) is 0 Å². The summed E-state index contributed by atoms with van der Waals surface area (Å²) in [7, 11) is 0. The van der Waals surface area contributed by atoms with E-state index >= 15 is 0 Å². The zero-order chi connectivity index (χ0) is 58.3. The van der Waals surface area contributed by atoms with Crippen molar-refractivity contribution in [2.24, 2.45) is 0 Å². The van der Waals surface area contributed by atoms with Crippen LogP contribution in [-0.2, 0) is 0 Å². The summed E-state index contributed by atoms with van der Waals surface area (Å²) in [6.07, 6.45) is 0. The number of rotatable bonds is 13. The molecule has 0 radical (unpaired) electrons. The number of fused-ring (bicyclic) bond motifs is 6. The molecule has 16 rings (SSSR count). The molecule has 4 heteroatoms. The van der Waals surface area contributed by atoms with Crippen LogP contribution < -0.4 is 9.80 Å². The van der Waals surface area contributed by atoms with Gasteiger partial charge in [-0.2, -0.15) is 0 Å². The molecule has 0 aliphatic carbocycles. The molecule has 0 amide bonds. The fourth-order valence-corrected chi connectivity index (χ4v) is 13.0. The van der Waals surface area contributed by atoms with Crippen molar-refractivity contribution >= 4 is 77.7 Å². The molecule has 0 unspecified atom stereocenters. The maximum absolute atomic E-state index is 2.41. The van der Waals surface area contributed by atoms with Crippen LogP contribution in [0.4, 0.5) is 34.1 Å². The van der Waals surface area contributed by atoms with Crippen molar-refractivity contribution in [2.45, 2.75) is 0 Å². The lowest BCUT2D eigenvalue weighted by Crippen LogP contribution is -2.10. The minimum atomic E-state index is 1.07. The first kappa shape index (κ1) is 51.9. The van der Waals surface area contributed by atoms with E-state index in [9.17, 15) is 0 Å². The van der Waals surface area contributed by atoms with Gasteiger partial charge in [-0.05, 0) is 201 Å². The molecule has 0 saturated heterocycles. The van der Waals surface area contributed by atoms with Crippen LogP contribution in [0.25, 0.3) is 111 Å². The number of benzene rings is 14. The summed E-state index contributed by atoms with van der Waals surface area (Å²) in [5, 5.41) is 4.91. The molecular formula is C84H58N4. The summed E-state index contributed by atoms with van der Waals surface area (Å²) >= 11 is 0. The van der Waals surface area contributed by atoms with Crippen molar-refractivity contribution in [3.63, 3.8) is 0 Å². The first-order chi connectivity index (χ1) is 43.6. The van der Waals surface area contributed by atoms with E-state index in [1.807, 2.05) is 0 Å². The zero-order valence-electron chi connectivity index (χ0n) is 48.3. The van der Waals surface area contributed by atoms with Crippen molar-refractivity contribution in [3.8, 4) is 67.0 Å². The van der Waals surface area contributed by atoms with Crippen molar-refractivity contribution in [2.75, 3.05) is 9.80 Å². The lowest BCUT2D eigenvalue weighted by molar-refractivity contribution is 1.17. The first-order valence-corrected chi connectivity index (χ1v) is 30.1. The SMILES string of the molecule is c1ccc(-c2ccc3c(c2)c2cc(-c4ccccc4)ccc2n3-c2ccc(N(c3ccccc3)c3ccc(-c4ccc(N(c5ccccc5)c5ccc(-n6c7ccc(-c8ccccc8)cc7c7cc(-c8ccccc8)ccc76)cc5)cc4)cc3)cc2)cc1. The van der Waals surface area contributed by atoms with Gasteiger partial charge >= 0.3 is 0 Å². The average molecular weight is 1120 g/mol. The third kappa shape index (κ3) is 9.56. The molecule has 414 valence electrons. The summed E-state index contributed by atoms with van der Waals surface area (Å²) in [5.74, 6) is 0. The summed E-state index contributed by atoms with van der Waals surface area (Å²) in [6, 6.07) is 128. The van der Waals surface area contributed by atoms with Gasteiger partial charge in [0.2, 0.25) is 0 Å². The van der Waals surface area contributed by atoms with E-state index in [4.69, 9.17) is 0 Å². The van der Waals surface area contributed by atoms with Gasteiger partial charge < -0.3 is 18.9 Å². The molecule has 2 aromatic heterocycles. The van der Waals surface area contributed by atoms with Crippen molar-refractivity contribution in [1.29, 1.82) is 0 Å². The second-order valence-corrected chi connectivity index (χ2v) is 22.5. The van der Waals surface area contributed by atoms with E-state index in [2.05, 4.69) is 371 Å². The summed E-state index contributed by atoms with van der Waals surface area (Å²) in [5.41, 5.74) is 25.3. The van der Waals surface area contributed by atoms with Gasteiger partial charge in [0, 0.05) is 67.0 Å². The Morgan fingerprint density at radius 3 is 0.602 bits per heavy atom. The topological polar surface area (TPSA) is 16.3 Å². The van der Waals surface area contributed by atoms with Crippen LogP contribution in [0.3, 0.4) is 0 Å². The number of anilines is 6. The van der Waals surface area contributed by atoms with E-state index < -0.39 is 0 Å². The molecule has 0 aliphatic heterocycles. The van der Waals surface area contributed by atoms with Gasteiger partial charge in [-0.1, -0.05) is 206 Å². The van der Waals surface area contributed by atoms with Crippen LogP contribution >= 0.6 is 0 Å². The van der Waals surface area contributed by atoms with Crippen LogP contribution in [0.1, 0.15) is 0 Å². The Kier molecular flexibility index (Phi) is 13.2. The number of nitrogens with zero attached hydrogens (tertiary/aromatic N) is 4. The smallest absolute Gasteiger partial charge is 0.0541 e. The van der Waals surface area contributed by atoms with Gasteiger partial charge in [-0.3, -0.25) is 0 Å². The molecule has 0 bridgehead atoms. The summed E-state index contributed by atoms with van der Waals surface area (Å²) in [6.45, 7) is 0. The molecule has 0 N–H and O–H groups in total. The Labute approximate surface area is 512 Å². The fourth-order valence-electron chi connectivity index (χ4n) is 13.0. The molecule has 2 heterocycles. The normalized spacial score (nSPS) is 11.4. The molecular weight excluding hydrogens is 1060 g/mol. The van der Waals surface area contributed by atoms with Gasteiger partial charge in [0.15, 0.2) is 0 Å². The molecule has 88 heavy (non-hydrogen) atoms. The predicted molar refractivity (Wildman–Crippen MR) is 372 cm³/mol. The third-order valence-corrected chi connectivity index (χ3v) is 17.3. The Bertz CT molecular complexity index is 4600. The fraction of sp³-hybridized carbons (Fsp3) is 0. The molecule has 0 fully saturated rings. The molecule has 0 aliphatic rings. The van der Waals surface area contributed by atoms with Gasteiger partial charge in [-0.25, -0.2) is 0 Å². The van der Waals surface area contributed by atoms with Crippen molar-refractivity contribution in [1.82, 2.24) is 9.13 Å². The Hall–Kier alpha value is -11.7. The summed E-state index contributed by atoms with van der Waals surface area (Å²) < 4.78 is 4.83. The molecule has 0 saturated carbocycles. The first-order valence-electron chi connectivity index (χ1n) is 30.1. The lowest BCUT2D eigenvalue weighted by atomic mass is 10.0. The third-order valence-electron chi connectivity index (χ3n) is 17.3. The molecule has 0 atom stereocenters. The number of hydrogen-bond acceptors (Lipinski definition) is 2. The average Bonchev–Trinajstić information content (AvgIpc) is 1.94. The molecule has 0 spiro atoms. The van der Waals surface area contributed by atoms with E-state index in [-0.39, 0.29) is 0 Å². The maximum atomic E-state index is 2.41. The predicted octanol–water partition coefficient (Wildman–Crippen LogP) is 23.2. The Morgan fingerprint density at radius 2 is 0.352 bits per heavy atom. The van der Waals surface area contributed by atoms with Gasteiger partial charge in [0.05, 0.1) is 22.1 Å².